The highest BCUT2D eigenvalue weighted by Gasteiger charge is 2.39. The summed E-state index contributed by atoms with van der Waals surface area (Å²) in [4.78, 5) is 31.5. The molecule has 3 aromatic heterocycles. The van der Waals surface area contributed by atoms with Gasteiger partial charge in [-0.15, -0.1) is 0 Å². The van der Waals surface area contributed by atoms with E-state index in [1.807, 2.05) is 18.2 Å². The van der Waals surface area contributed by atoms with Gasteiger partial charge in [0, 0.05) is 67.1 Å². The van der Waals surface area contributed by atoms with Crippen molar-refractivity contribution >= 4 is 39.8 Å². The van der Waals surface area contributed by atoms with Gasteiger partial charge in [-0.2, -0.15) is 0 Å². The Balaban J connectivity index is 1.20. The summed E-state index contributed by atoms with van der Waals surface area (Å²) >= 11 is 0. The first-order chi connectivity index (χ1) is 22.5. The molecular weight excluding hydrogens is 580 g/mol. The number of carbonyl (C=O) groups is 1. The molecule has 11 nitrogen and oxygen atoms in total. The maximum atomic E-state index is 12.6. The number of methoxy groups -OCH3 is 1. The fraction of sp³-hybridized carbons (Fsp3) is 0.314. The number of ether oxygens (including phenoxy) is 1. The molecule has 1 amide bonds. The van der Waals surface area contributed by atoms with Gasteiger partial charge >= 0.3 is 0 Å². The smallest absolute Gasteiger partial charge is 0.247 e. The van der Waals surface area contributed by atoms with Crippen LogP contribution in [0.1, 0.15) is 18.9 Å². The van der Waals surface area contributed by atoms with Crippen LogP contribution in [0.15, 0.2) is 78.3 Å². The average molecular weight is 617 g/mol. The van der Waals surface area contributed by atoms with E-state index < -0.39 is 0 Å². The molecule has 5 heterocycles. The molecular formula is C35H36N8O3. The van der Waals surface area contributed by atoms with E-state index in [0.29, 0.717) is 58.1 Å². The van der Waals surface area contributed by atoms with Crippen molar-refractivity contribution in [1.29, 1.82) is 0 Å². The highest BCUT2D eigenvalue weighted by molar-refractivity contribution is 6.02. The van der Waals surface area contributed by atoms with E-state index in [0.717, 1.165) is 55.7 Å². The van der Waals surface area contributed by atoms with E-state index in [2.05, 4.69) is 73.0 Å². The van der Waals surface area contributed by atoms with Crippen LogP contribution in [0.4, 0.5) is 23.0 Å². The molecule has 1 aliphatic carbocycles. The third-order valence-corrected chi connectivity index (χ3v) is 9.40. The van der Waals surface area contributed by atoms with Crippen LogP contribution in [0.25, 0.3) is 33.6 Å². The van der Waals surface area contributed by atoms with Crippen LogP contribution in [-0.2, 0) is 4.79 Å². The lowest BCUT2D eigenvalue weighted by atomic mass is 10.0. The van der Waals surface area contributed by atoms with Crippen LogP contribution < -0.4 is 20.3 Å². The van der Waals surface area contributed by atoms with Gasteiger partial charge in [0.1, 0.15) is 12.0 Å². The van der Waals surface area contributed by atoms with Crippen LogP contribution in [0.2, 0.25) is 0 Å². The number of nitrogens with one attached hydrogen (secondary N) is 2. The van der Waals surface area contributed by atoms with Crippen LogP contribution in [0.3, 0.4) is 0 Å². The zero-order valence-electron chi connectivity index (χ0n) is 25.9. The molecule has 5 aromatic rings. The van der Waals surface area contributed by atoms with Crippen LogP contribution >= 0.6 is 0 Å². The van der Waals surface area contributed by atoms with Crippen molar-refractivity contribution in [3.63, 3.8) is 0 Å². The second-order valence-corrected chi connectivity index (χ2v) is 12.5. The van der Waals surface area contributed by atoms with Gasteiger partial charge in [-0.3, -0.25) is 4.79 Å². The van der Waals surface area contributed by atoms with Gasteiger partial charge < -0.3 is 34.2 Å². The van der Waals surface area contributed by atoms with Crippen molar-refractivity contribution in [2.75, 3.05) is 55.9 Å². The Morgan fingerprint density at radius 1 is 1.07 bits per heavy atom. The van der Waals surface area contributed by atoms with Crippen molar-refractivity contribution in [3.8, 4) is 28.5 Å². The molecule has 46 heavy (non-hydrogen) atoms. The summed E-state index contributed by atoms with van der Waals surface area (Å²) in [5, 5.41) is 7.51. The molecule has 2 aromatic carbocycles. The Hall–Kier alpha value is -5.16. The minimum atomic E-state index is -0.280. The number of oxazole rings is 1. The molecule has 2 saturated heterocycles. The molecule has 234 valence electrons. The van der Waals surface area contributed by atoms with Crippen molar-refractivity contribution in [1.82, 2.24) is 24.4 Å². The molecule has 8 rings (SSSR count). The third-order valence-electron chi connectivity index (χ3n) is 9.40. The molecule has 3 fully saturated rings. The molecule has 1 unspecified atom stereocenters. The van der Waals surface area contributed by atoms with Crippen LogP contribution in [-0.4, -0.2) is 70.7 Å². The lowest BCUT2D eigenvalue weighted by Gasteiger charge is -2.26. The number of para-hydroxylation sites is 1. The fourth-order valence-corrected chi connectivity index (χ4v) is 7.13. The number of fused-ring (bicyclic) bond motifs is 2. The summed E-state index contributed by atoms with van der Waals surface area (Å²) in [6.45, 7) is 7.66. The number of benzene rings is 2. The van der Waals surface area contributed by atoms with Gasteiger partial charge in [0.2, 0.25) is 17.7 Å². The molecule has 2 aliphatic heterocycles. The minimum absolute atomic E-state index is 0.280. The monoisotopic (exact) mass is 616 g/mol. The largest absolute Gasteiger partial charge is 0.494 e. The maximum absolute atomic E-state index is 12.6. The summed E-state index contributed by atoms with van der Waals surface area (Å²) in [7, 11) is 3.82. The highest BCUT2D eigenvalue weighted by atomic mass is 16.5. The van der Waals surface area contributed by atoms with Crippen LogP contribution in [0.5, 0.6) is 5.75 Å². The Labute approximate surface area is 266 Å². The molecule has 2 atom stereocenters. The van der Waals surface area contributed by atoms with Crippen LogP contribution in [0, 0.1) is 11.8 Å². The SMILES string of the molecule is C=CC(=O)Nc1cc(Nc2ncc(-c3ncco3)c(-c3cn(C4CC4)c4ccccc34)n2)c(OC)cc1N1CC2CN(C)C[C@H]2C1. The molecule has 0 spiro atoms. The quantitative estimate of drug-likeness (QED) is 0.194. The second kappa shape index (κ2) is 11.3. The van der Waals surface area contributed by atoms with E-state index in [1.165, 1.54) is 11.6 Å². The summed E-state index contributed by atoms with van der Waals surface area (Å²) in [5.41, 5.74) is 5.77. The predicted octanol–water partition coefficient (Wildman–Crippen LogP) is 5.96. The van der Waals surface area contributed by atoms with Gasteiger partial charge in [0.25, 0.3) is 0 Å². The number of hydrogen-bond acceptors (Lipinski definition) is 9. The number of carbonyl (C=O) groups excluding carboxylic acids is 1. The summed E-state index contributed by atoms with van der Waals surface area (Å²) in [5.74, 6) is 2.35. The van der Waals surface area contributed by atoms with Gasteiger partial charge in [-0.1, -0.05) is 24.8 Å². The summed E-state index contributed by atoms with van der Waals surface area (Å²) < 4.78 is 14.0. The molecule has 2 N–H and O–H groups in total. The maximum Gasteiger partial charge on any atom is 0.247 e. The molecule has 0 bridgehead atoms. The van der Waals surface area contributed by atoms with Crippen molar-refractivity contribution in [3.05, 3.63) is 73.9 Å². The van der Waals surface area contributed by atoms with Crippen molar-refractivity contribution < 1.29 is 13.9 Å². The average Bonchev–Trinajstić information content (AvgIpc) is 3.36. The molecule has 1 saturated carbocycles. The Bertz CT molecular complexity index is 1930. The number of likely N-dealkylation sites (tertiary alicyclic amines) is 1. The Morgan fingerprint density at radius 3 is 2.59 bits per heavy atom. The number of amides is 1. The number of hydrogen-bond donors (Lipinski definition) is 2. The van der Waals surface area contributed by atoms with Crippen molar-refractivity contribution in [2.45, 2.75) is 18.9 Å². The van der Waals surface area contributed by atoms with E-state index in [-0.39, 0.29) is 5.91 Å². The standard InChI is InChI=1S/C35H36N8O3/c1-4-32(44)38-27-13-28(31(45-3)14-30(27)42-18-21-16-41(2)17-22(21)19-42)39-35-37-15-25(34-36-11-12-46-34)33(40-35)26-20-43(23-9-10-23)29-8-6-5-7-24(26)29/h4-8,11-15,20-23H,1,9-10,16-19H2,2-3H3,(H,38,44)(H,37,39,40)/t21-,22?/m0/s1. The fourth-order valence-electron chi connectivity index (χ4n) is 7.13. The lowest BCUT2D eigenvalue weighted by Crippen LogP contribution is -2.27. The Kier molecular flexibility index (Phi) is 6.97. The second-order valence-electron chi connectivity index (χ2n) is 12.5. The van der Waals surface area contributed by atoms with Gasteiger partial charge in [-0.05, 0) is 49.9 Å². The van der Waals surface area contributed by atoms with Gasteiger partial charge in [-0.25, -0.2) is 15.0 Å². The number of nitrogens with zero attached hydrogens (tertiary/aromatic N) is 6. The topological polar surface area (TPSA) is 114 Å². The first-order valence-corrected chi connectivity index (χ1v) is 15.7. The zero-order valence-corrected chi connectivity index (χ0v) is 25.9. The van der Waals surface area contributed by atoms with Crippen molar-refractivity contribution in [2.24, 2.45) is 11.8 Å². The first kappa shape index (κ1) is 28.3. The van der Waals surface area contributed by atoms with E-state index in [4.69, 9.17) is 14.1 Å². The summed E-state index contributed by atoms with van der Waals surface area (Å²) in [6, 6.07) is 12.8. The third kappa shape index (κ3) is 5.06. The normalized spacial score (nSPS) is 19.4. The number of anilines is 4. The number of aromatic nitrogens is 4. The number of rotatable bonds is 9. The van der Waals surface area contributed by atoms with Gasteiger partial charge in [0.05, 0.1) is 41.6 Å². The highest BCUT2D eigenvalue weighted by Crippen LogP contribution is 2.44. The molecule has 11 heteroatoms. The van der Waals surface area contributed by atoms with E-state index in [1.54, 1.807) is 25.8 Å². The molecule has 3 aliphatic rings. The predicted molar refractivity (Wildman–Crippen MR) is 179 cm³/mol. The Morgan fingerprint density at radius 2 is 1.87 bits per heavy atom. The zero-order chi connectivity index (χ0) is 31.4. The lowest BCUT2D eigenvalue weighted by molar-refractivity contribution is -0.111. The summed E-state index contributed by atoms with van der Waals surface area (Å²) in [6.07, 6.45) is 10.7. The van der Waals surface area contributed by atoms with E-state index in [9.17, 15) is 4.79 Å². The minimum Gasteiger partial charge on any atom is -0.494 e. The van der Waals surface area contributed by atoms with Gasteiger partial charge in [0.15, 0.2) is 0 Å². The molecule has 0 radical (unpaired) electrons. The van der Waals surface area contributed by atoms with E-state index >= 15 is 0 Å². The first-order valence-electron chi connectivity index (χ1n) is 15.7.